The zero-order valence-electron chi connectivity index (χ0n) is 10.3. The lowest BCUT2D eigenvalue weighted by Gasteiger charge is -2.09. The Labute approximate surface area is 118 Å². The molecule has 0 saturated heterocycles. The third-order valence-electron chi connectivity index (χ3n) is 2.23. The highest BCUT2D eigenvalue weighted by atomic mass is 79.9. The molecule has 0 saturated carbocycles. The molecule has 0 aliphatic rings. The van der Waals surface area contributed by atoms with Crippen LogP contribution in [0, 0.1) is 0 Å². The summed E-state index contributed by atoms with van der Waals surface area (Å²) in [6.07, 6.45) is 0. The van der Waals surface area contributed by atoms with Gasteiger partial charge in [0.2, 0.25) is 11.9 Å². The van der Waals surface area contributed by atoms with E-state index in [1.54, 1.807) is 13.2 Å². The number of nitrogens with one attached hydrogen (secondary N) is 1. The largest absolute Gasteiger partial charge is 0.497 e. The first-order valence-corrected chi connectivity index (χ1v) is 6.08. The zero-order valence-corrected chi connectivity index (χ0v) is 11.9. The molecular formula is C11H12BrN5O2. The maximum Gasteiger partial charge on any atom is 0.322 e. The predicted octanol–water partition coefficient (Wildman–Crippen LogP) is 1.98. The Morgan fingerprint density at radius 3 is 2.63 bits per heavy atom. The van der Waals surface area contributed by atoms with E-state index in [2.05, 4.69) is 36.2 Å². The minimum Gasteiger partial charge on any atom is -0.497 e. The molecule has 100 valence electrons. The minimum absolute atomic E-state index is 0.0772. The predicted molar refractivity (Wildman–Crippen MR) is 74.8 cm³/mol. The molecule has 19 heavy (non-hydrogen) atoms. The van der Waals surface area contributed by atoms with E-state index in [4.69, 9.17) is 15.2 Å². The van der Waals surface area contributed by atoms with Gasteiger partial charge in [-0.1, -0.05) is 0 Å². The lowest BCUT2D eigenvalue weighted by atomic mass is 10.3. The Morgan fingerprint density at radius 2 is 1.95 bits per heavy atom. The Hall–Kier alpha value is -2.09. The van der Waals surface area contributed by atoms with Crippen LogP contribution in [0.1, 0.15) is 0 Å². The summed E-state index contributed by atoms with van der Waals surface area (Å²) < 4.78 is 10.9. The van der Waals surface area contributed by atoms with Crippen molar-refractivity contribution < 1.29 is 9.47 Å². The summed E-state index contributed by atoms with van der Waals surface area (Å²) in [6.45, 7) is 0. The Kier molecular flexibility index (Phi) is 4.00. The van der Waals surface area contributed by atoms with Crippen LogP contribution >= 0.6 is 15.9 Å². The average molecular weight is 326 g/mol. The highest BCUT2D eigenvalue weighted by Crippen LogP contribution is 2.29. The molecule has 1 heterocycles. The van der Waals surface area contributed by atoms with Gasteiger partial charge in [-0.3, -0.25) is 0 Å². The van der Waals surface area contributed by atoms with E-state index in [0.29, 0.717) is 11.7 Å². The monoisotopic (exact) mass is 325 g/mol. The number of hydrogen-bond donors (Lipinski definition) is 2. The van der Waals surface area contributed by atoms with Gasteiger partial charge in [0.1, 0.15) is 5.75 Å². The first-order chi connectivity index (χ1) is 9.12. The van der Waals surface area contributed by atoms with Crippen molar-refractivity contribution in [3.05, 3.63) is 22.7 Å². The highest BCUT2D eigenvalue weighted by molar-refractivity contribution is 9.10. The molecule has 0 atom stereocenters. The van der Waals surface area contributed by atoms with Gasteiger partial charge in [-0.25, -0.2) is 0 Å². The molecule has 0 unspecified atom stereocenters. The van der Waals surface area contributed by atoms with Crippen molar-refractivity contribution in [3.8, 4) is 11.8 Å². The second-order valence-corrected chi connectivity index (χ2v) is 4.33. The topological polar surface area (TPSA) is 95.2 Å². The number of methoxy groups -OCH3 is 2. The maximum atomic E-state index is 5.56. The molecule has 0 aliphatic heterocycles. The first-order valence-electron chi connectivity index (χ1n) is 5.28. The van der Waals surface area contributed by atoms with Crippen molar-refractivity contribution in [3.63, 3.8) is 0 Å². The minimum atomic E-state index is 0.0772. The van der Waals surface area contributed by atoms with Crippen LogP contribution in [0.5, 0.6) is 11.8 Å². The smallest absolute Gasteiger partial charge is 0.322 e. The van der Waals surface area contributed by atoms with Gasteiger partial charge in [0.15, 0.2) is 0 Å². The van der Waals surface area contributed by atoms with E-state index in [-0.39, 0.29) is 12.0 Å². The summed E-state index contributed by atoms with van der Waals surface area (Å²) in [6, 6.07) is 5.63. The van der Waals surface area contributed by atoms with Gasteiger partial charge >= 0.3 is 6.01 Å². The fraction of sp³-hybridized carbons (Fsp3) is 0.182. The van der Waals surface area contributed by atoms with Crippen LogP contribution in [0.15, 0.2) is 22.7 Å². The lowest BCUT2D eigenvalue weighted by Crippen LogP contribution is -2.05. The molecule has 2 aromatic rings. The van der Waals surface area contributed by atoms with Crippen LogP contribution in [-0.2, 0) is 0 Å². The number of nitrogen functional groups attached to an aromatic ring is 1. The van der Waals surface area contributed by atoms with E-state index in [1.165, 1.54) is 7.11 Å². The average Bonchev–Trinajstić information content (AvgIpc) is 2.40. The van der Waals surface area contributed by atoms with E-state index in [1.807, 2.05) is 12.1 Å². The van der Waals surface area contributed by atoms with Crippen LogP contribution in [0.25, 0.3) is 0 Å². The van der Waals surface area contributed by atoms with Crippen LogP contribution in [-0.4, -0.2) is 29.2 Å². The quantitative estimate of drug-likeness (QED) is 0.887. The van der Waals surface area contributed by atoms with Crippen molar-refractivity contribution in [2.75, 3.05) is 25.3 Å². The molecule has 0 aliphatic carbocycles. The number of rotatable bonds is 4. The fourth-order valence-corrected chi connectivity index (χ4v) is 1.71. The maximum absolute atomic E-state index is 5.56. The van der Waals surface area contributed by atoms with Crippen LogP contribution < -0.4 is 20.5 Å². The number of ether oxygens (including phenoxy) is 2. The third kappa shape index (κ3) is 3.22. The second kappa shape index (κ2) is 5.70. The van der Waals surface area contributed by atoms with Gasteiger partial charge in [-0.05, 0) is 28.1 Å². The zero-order chi connectivity index (χ0) is 13.8. The second-order valence-electron chi connectivity index (χ2n) is 3.47. The normalized spacial score (nSPS) is 10.1. The number of nitrogens with zero attached hydrogens (tertiary/aromatic N) is 3. The Bertz CT molecular complexity index is 593. The molecule has 0 spiro atoms. The Balaban J connectivity index is 2.32. The first kappa shape index (κ1) is 13.3. The SMILES string of the molecule is COc1ccc(Br)c(Nc2nc(N)nc(OC)n2)c1. The fourth-order valence-electron chi connectivity index (χ4n) is 1.37. The third-order valence-corrected chi connectivity index (χ3v) is 2.93. The molecule has 7 nitrogen and oxygen atoms in total. The van der Waals surface area contributed by atoms with E-state index in [0.717, 1.165) is 10.2 Å². The summed E-state index contributed by atoms with van der Waals surface area (Å²) in [4.78, 5) is 11.8. The molecule has 0 fully saturated rings. The number of halogens is 1. The molecule has 3 N–H and O–H groups in total. The van der Waals surface area contributed by atoms with E-state index >= 15 is 0 Å². The van der Waals surface area contributed by atoms with Gasteiger partial charge in [-0.15, -0.1) is 0 Å². The van der Waals surface area contributed by atoms with Gasteiger partial charge < -0.3 is 20.5 Å². The standard InChI is InChI=1S/C11H12BrN5O2/c1-18-6-3-4-7(12)8(5-6)14-10-15-9(13)16-11(17-10)19-2/h3-5H,1-2H3,(H3,13,14,15,16,17). The van der Waals surface area contributed by atoms with Crippen LogP contribution in [0.4, 0.5) is 17.6 Å². The molecule has 0 radical (unpaired) electrons. The van der Waals surface area contributed by atoms with Crippen molar-refractivity contribution in [2.45, 2.75) is 0 Å². The number of benzene rings is 1. The van der Waals surface area contributed by atoms with Gasteiger partial charge in [-0.2, -0.15) is 15.0 Å². The Morgan fingerprint density at radius 1 is 1.16 bits per heavy atom. The van der Waals surface area contributed by atoms with Crippen molar-refractivity contribution >= 4 is 33.5 Å². The summed E-state index contributed by atoms with van der Waals surface area (Å²) in [5.74, 6) is 1.08. The molecule has 0 amide bonds. The molecule has 2 rings (SSSR count). The molecule has 8 heteroatoms. The summed E-state index contributed by atoms with van der Waals surface area (Å²) in [5.41, 5.74) is 6.31. The number of hydrogen-bond acceptors (Lipinski definition) is 7. The van der Waals surface area contributed by atoms with Crippen LogP contribution in [0.3, 0.4) is 0 Å². The van der Waals surface area contributed by atoms with Crippen LogP contribution in [0.2, 0.25) is 0 Å². The molecule has 1 aromatic carbocycles. The summed E-state index contributed by atoms with van der Waals surface area (Å²) >= 11 is 3.42. The summed E-state index contributed by atoms with van der Waals surface area (Å²) in [5, 5.41) is 3.01. The molecule has 0 bridgehead atoms. The van der Waals surface area contributed by atoms with E-state index < -0.39 is 0 Å². The number of anilines is 3. The van der Waals surface area contributed by atoms with Crippen molar-refractivity contribution in [1.29, 1.82) is 0 Å². The van der Waals surface area contributed by atoms with E-state index in [9.17, 15) is 0 Å². The van der Waals surface area contributed by atoms with Gasteiger partial charge in [0, 0.05) is 10.5 Å². The van der Waals surface area contributed by atoms with Gasteiger partial charge in [0.25, 0.3) is 0 Å². The van der Waals surface area contributed by atoms with Crippen molar-refractivity contribution in [1.82, 2.24) is 15.0 Å². The van der Waals surface area contributed by atoms with Crippen molar-refractivity contribution in [2.24, 2.45) is 0 Å². The molecular weight excluding hydrogens is 314 g/mol. The number of aromatic nitrogens is 3. The number of nitrogens with two attached hydrogens (primary N) is 1. The highest BCUT2D eigenvalue weighted by Gasteiger charge is 2.08. The summed E-state index contributed by atoms with van der Waals surface area (Å²) in [7, 11) is 3.05. The molecule has 1 aromatic heterocycles. The lowest BCUT2D eigenvalue weighted by molar-refractivity contribution is 0.380. The van der Waals surface area contributed by atoms with Gasteiger partial charge in [0.05, 0.1) is 19.9 Å².